The van der Waals surface area contributed by atoms with Crippen molar-refractivity contribution in [2.45, 2.75) is 38.5 Å². The molecule has 2 aromatic rings. The summed E-state index contributed by atoms with van der Waals surface area (Å²) in [6.07, 6.45) is 0.961. The number of hydrogen-bond donors (Lipinski definition) is 1. The summed E-state index contributed by atoms with van der Waals surface area (Å²) < 4.78 is 23.2. The molecule has 1 aromatic carbocycles. The number of ether oxygens (including phenoxy) is 1. The Morgan fingerprint density at radius 3 is 2.61 bits per heavy atom. The van der Waals surface area contributed by atoms with Crippen molar-refractivity contribution in [2.75, 3.05) is 25.4 Å². The molecule has 1 aromatic heterocycles. The van der Waals surface area contributed by atoms with Crippen LogP contribution in [-0.4, -0.2) is 57.6 Å². The minimum Gasteiger partial charge on any atom is -0.450 e. The summed E-state index contributed by atoms with van der Waals surface area (Å²) in [5.41, 5.74) is 1.34. The first-order valence-corrected chi connectivity index (χ1v) is 12.0. The molecule has 0 aliphatic carbocycles. The van der Waals surface area contributed by atoms with Crippen molar-refractivity contribution in [1.29, 1.82) is 0 Å². The number of likely N-dealkylation sites (tertiary alicyclic amines) is 1. The third-order valence-corrected chi connectivity index (χ3v) is 6.39. The van der Waals surface area contributed by atoms with Gasteiger partial charge in [-0.15, -0.1) is 0 Å². The molecule has 0 spiro atoms. The Labute approximate surface area is 188 Å². The molecule has 31 heavy (non-hydrogen) atoms. The molecule has 1 aliphatic rings. The molecule has 0 saturated carbocycles. The number of oxazole rings is 1. The molecular formula is C21H26ClN3O5S. The maximum atomic E-state index is 12.5. The monoisotopic (exact) mass is 467 g/mol. The molecule has 0 bridgehead atoms. The lowest BCUT2D eigenvalue weighted by Crippen LogP contribution is -2.47. The van der Waals surface area contributed by atoms with Gasteiger partial charge in [-0.05, 0) is 51.0 Å². The zero-order chi connectivity index (χ0) is 22.4. The molecule has 1 aliphatic heterocycles. The number of aromatic nitrogens is 1. The van der Waals surface area contributed by atoms with E-state index in [1.54, 1.807) is 43.0 Å². The van der Waals surface area contributed by atoms with Crippen molar-refractivity contribution in [1.82, 2.24) is 15.2 Å². The highest BCUT2D eigenvalue weighted by molar-refractivity contribution is 7.84. The van der Waals surface area contributed by atoms with Gasteiger partial charge < -0.3 is 19.4 Å². The van der Waals surface area contributed by atoms with Gasteiger partial charge >= 0.3 is 6.09 Å². The van der Waals surface area contributed by atoms with Gasteiger partial charge in [0, 0.05) is 40.5 Å². The average molecular weight is 468 g/mol. The summed E-state index contributed by atoms with van der Waals surface area (Å²) in [4.78, 5) is 30.1. The third kappa shape index (κ3) is 6.54. The van der Waals surface area contributed by atoms with Crippen LogP contribution in [0.4, 0.5) is 4.79 Å². The highest BCUT2D eigenvalue weighted by atomic mass is 35.5. The molecule has 2 heterocycles. The second-order valence-electron chi connectivity index (χ2n) is 7.29. The van der Waals surface area contributed by atoms with Gasteiger partial charge in [0.1, 0.15) is 11.5 Å². The van der Waals surface area contributed by atoms with Crippen LogP contribution in [0, 0.1) is 6.92 Å². The third-order valence-electron chi connectivity index (χ3n) is 4.96. The van der Waals surface area contributed by atoms with Crippen molar-refractivity contribution < 1.29 is 23.0 Å². The second-order valence-corrected chi connectivity index (χ2v) is 9.18. The standard InChI is InChI=1S/C21H26ClN3O5S/c1-3-29-21(27)25-10-8-17(9-11-25)23-19(26)13-31(28)12-18-14(2)30-20(24-18)15-4-6-16(22)7-5-15/h4-7,17H,3,8-13H2,1-2H3,(H,23,26)/t31-/m1/s1. The van der Waals surface area contributed by atoms with E-state index in [1.165, 1.54) is 0 Å². The number of aryl methyl sites for hydroxylation is 1. The molecule has 8 nitrogen and oxygen atoms in total. The quantitative estimate of drug-likeness (QED) is 0.670. The number of nitrogens with zero attached hydrogens (tertiary/aromatic N) is 2. The molecule has 0 radical (unpaired) electrons. The van der Waals surface area contributed by atoms with E-state index in [4.69, 9.17) is 20.8 Å². The van der Waals surface area contributed by atoms with Crippen LogP contribution in [-0.2, 0) is 26.1 Å². The molecule has 10 heteroatoms. The first kappa shape index (κ1) is 23.3. The lowest BCUT2D eigenvalue weighted by molar-refractivity contribution is -0.119. The Kier molecular flexibility index (Phi) is 8.09. The second kappa shape index (κ2) is 10.8. The minimum absolute atomic E-state index is 0.0412. The smallest absolute Gasteiger partial charge is 0.409 e. The molecule has 1 saturated heterocycles. The molecule has 2 amide bonds. The molecule has 1 fully saturated rings. The molecule has 3 rings (SSSR count). The van der Waals surface area contributed by atoms with Crippen LogP contribution in [0.25, 0.3) is 11.5 Å². The summed E-state index contributed by atoms with van der Waals surface area (Å²) in [6, 6.07) is 7.05. The Morgan fingerprint density at radius 1 is 1.29 bits per heavy atom. The SMILES string of the molecule is CCOC(=O)N1CCC(NC(=O)C[S@](=O)Cc2nc(-c3ccc(Cl)cc3)oc2C)CC1. The lowest BCUT2D eigenvalue weighted by Gasteiger charge is -2.31. The van der Waals surface area contributed by atoms with E-state index in [1.807, 2.05) is 0 Å². The van der Waals surface area contributed by atoms with Crippen LogP contribution in [0.3, 0.4) is 0 Å². The van der Waals surface area contributed by atoms with Gasteiger partial charge in [0.2, 0.25) is 11.8 Å². The van der Waals surface area contributed by atoms with Gasteiger partial charge in [-0.3, -0.25) is 9.00 Å². The summed E-state index contributed by atoms with van der Waals surface area (Å²) >= 11 is 5.90. The van der Waals surface area contributed by atoms with Crippen LogP contribution in [0.2, 0.25) is 5.02 Å². The van der Waals surface area contributed by atoms with Crippen molar-refractivity contribution in [3.63, 3.8) is 0 Å². The fraction of sp³-hybridized carbons (Fsp3) is 0.476. The molecule has 1 atom stereocenters. The van der Waals surface area contributed by atoms with Gasteiger partial charge in [0.25, 0.3) is 0 Å². The average Bonchev–Trinajstić information content (AvgIpc) is 3.09. The maximum absolute atomic E-state index is 12.5. The van der Waals surface area contributed by atoms with E-state index in [9.17, 15) is 13.8 Å². The topological polar surface area (TPSA) is 102 Å². The summed E-state index contributed by atoms with van der Waals surface area (Å²) in [5, 5.41) is 3.53. The summed E-state index contributed by atoms with van der Waals surface area (Å²) in [6.45, 7) is 4.92. The number of nitrogens with one attached hydrogen (secondary N) is 1. The number of piperidine rings is 1. The molecular weight excluding hydrogens is 442 g/mol. The van der Waals surface area contributed by atoms with E-state index >= 15 is 0 Å². The fourth-order valence-corrected chi connectivity index (χ4v) is 4.49. The number of benzene rings is 1. The molecule has 1 N–H and O–H groups in total. The predicted octanol–water partition coefficient (Wildman–Crippen LogP) is 3.29. The highest BCUT2D eigenvalue weighted by Crippen LogP contribution is 2.24. The van der Waals surface area contributed by atoms with Gasteiger partial charge in [0.15, 0.2) is 0 Å². The Balaban J connectivity index is 1.47. The number of halogens is 1. The lowest BCUT2D eigenvalue weighted by atomic mass is 10.1. The number of rotatable bonds is 7. The highest BCUT2D eigenvalue weighted by Gasteiger charge is 2.25. The van der Waals surface area contributed by atoms with Crippen LogP contribution < -0.4 is 5.32 Å². The van der Waals surface area contributed by atoms with Crippen LogP contribution in [0.5, 0.6) is 0 Å². The molecule has 168 valence electrons. The van der Waals surface area contributed by atoms with E-state index in [0.717, 1.165) is 5.56 Å². The van der Waals surface area contributed by atoms with Gasteiger partial charge in [0.05, 0.1) is 18.1 Å². The Hall–Kier alpha value is -2.39. The van der Waals surface area contributed by atoms with Crippen LogP contribution >= 0.6 is 11.6 Å². The van der Waals surface area contributed by atoms with Gasteiger partial charge in [-0.2, -0.15) is 0 Å². The normalized spacial score (nSPS) is 15.5. The predicted molar refractivity (Wildman–Crippen MR) is 118 cm³/mol. The minimum atomic E-state index is -1.42. The number of hydrogen-bond acceptors (Lipinski definition) is 6. The summed E-state index contributed by atoms with van der Waals surface area (Å²) in [5.74, 6) is 0.759. The van der Waals surface area contributed by atoms with Crippen molar-refractivity contribution >= 4 is 34.4 Å². The summed E-state index contributed by atoms with van der Waals surface area (Å²) in [7, 11) is -1.42. The zero-order valence-electron chi connectivity index (χ0n) is 17.6. The van der Waals surface area contributed by atoms with Crippen molar-refractivity contribution in [3.8, 4) is 11.5 Å². The van der Waals surface area contributed by atoms with E-state index in [2.05, 4.69) is 10.3 Å². The zero-order valence-corrected chi connectivity index (χ0v) is 19.1. The number of carbonyl (C=O) groups is 2. The first-order chi connectivity index (χ1) is 14.9. The van der Waals surface area contributed by atoms with E-state index < -0.39 is 10.8 Å². The Bertz CT molecular complexity index is 939. The van der Waals surface area contributed by atoms with Crippen LogP contribution in [0.15, 0.2) is 28.7 Å². The van der Waals surface area contributed by atoms with Gasteiger partial charge in [-0.1, -0.05) is 11.6 Å². The number of carbonyl (C=O) groups excluding carboxylic acids is 2. The Morgan fingerprint density at radius 2 is 1.97 bits per heavy atom. The van der Waals surface area contributed by atoms with E-state index in [0.29, 0.717) is 54.9 Å². The number of amides is 2. The van der Waals surface area contributed by atoms with Crippen molar-refractivity contribution in [3.05, 3.63) is 40.7 Å². The molecule has 0 unspecified atom stereocenters. The maximum Gasteiger partial charge on any atom is 0.409 e. The first-order valence-electron chi connectivity index (χ1n) is 10.1. The van der Waals surface area contributed by atoms with Crippen molar-refractivity contribution in [2.24, 2.45) is 0 Å². The van der Waals surface area contributed by atoms with Crippen LogP contribution in [0.1, 0.15) is 31.2 Å². The van der Waals surface area contributed by atoms with E-state index in [-0.39, 0.29) is 29.5 Å². The van der Waals surface area contributed by atoms with Gasteiger partial charge in [-0.25, -0.2) is 9.78 Å². The fourth-order valence-electron chi connectivity index (χ4n) is 3.32. The largest absolute Gasteiger partial charge is 0.450 e.